The van der Waals surface area contributed by atoms with E-state index in [2.05, 4.69) is 30.1 Å². The highest BCUT2D eigenvalue weighted by Gasteiger charge is 2.13. The minimum absolute atomic E-state index is 0.0291. The van der Waals surface area contributed by atoms with Gasteiger partial charge in [-0.2, -0.15) is 0 Å². The van der Waals surface area contributed by atoms with Gasteiger partial charge in [-0.15, -0.1) is 0 Å². The summed E-state index contributed by atoms with van der Waals surface area (Å²) in [4.78, 5) is 24.3. The van der Waals surface area contributed by atoms with Crippen LogP contribution in [0, 0.1) is 0 Å². The SMILES string of the molecule is CCCOCCNC(=O)CN(CCOCCN=P(C)(C)C)CC(=O)O. The molecule has 25 heavy (non-hydrogen) atoms. The van der Waals surface area contributed by atoms with Crippen LogP contribution in [0.4, 0.5) is 0 Å². The van der Waals surface area contributed by atoms with Gasteiger partial charge in [-0.25, -0.2) is 0 Å². The van der Waals surface area contributed by atoms with E-state index in [4.69, 9.17) is 14.6 Å². The van der Waals surface area contributed by atoms with Gasteiger partial charge in [-0.05, 0) is 33.5 Å². The number of carbonyl (C=O) groups is 2. The minimum Gasteiger partial charge on any atom is -0.480 e. The predicted octanol–water partition coefficient (Wildman–Crippen LogP) is 1.02. The van der Waals surface area contributed by atoms with E-state index in [1.807, 2.05) is 6.92 Å². The van der Waals surface area contributed by atoms with Crippen LogP contribution in [-0.2, 0) is 19.1 Å². The number of carbonyl (C=O) groups excluding carboxylic acids is 1. The molecular formula is C16H34N3O5P. The molecular weight excluding hydrogens is 345 g/mol. The molecule has 0 aromatic rings. The van der Waals surface area contributed by atoms with Gasteiger partial charge >= 0.3 is 5.97 Å². The maximum Gasteiger partial charge on any atom is 0.317 e. The highest BCUT2D eigenvalue weighted by Crippen LogP contribution is 2.34. The van der Waals surface area contributed by atoms with Crippen molar-refractivity contribution in [2.24, 2.45) is 4.74 Å². The lowest BCUT2D eigenvalue weighted by Gasteiger charge is -2.19. The van der Waals surface area contributed by atoms with Crippen LogP contribution < -0.4 is 5.32 Å². The number of nitrogens with one attached hydrogen (secondary N) is 1. The molecule has 0 atom stereocenters. The lowest BCUT2D eigenvalue weighted by atomic mass is 10.4. The third-order valence-corrected chi connectivity index (χ3v) is 4.00. The third-order valence-electron chi connectivity index (χ3n) is 2.95. The van der Waals surface area contributed by atoms with E-state index in [9.17, 15) is 9.59 Å². The number of rotatable bonds is 15. The number of nitrogens with zero attached hydrogens (tertiary/aromatic N) is 2. The Hall–Kier alpha value is -0.950. The maximum atomic E-state index is 11.9. The summed E-state index contributed by atoms with van der Waals surface area (Å²) in [5.41, 5.74) is 0. The Morgan fingerprint density at radius 2 is 1.76 bits per heavy atom. The molecule has 0 unspecified atom stereocenters. The second-order valence-corrected chi connectivity index (χ2v) is 10.7. The highest BCUT2D eigenvalue weighted by atomic mass is 31.2. The molecule has 0 spiro atoms. The topological polar surface area (TPSA) is 100 Å². The summed E-state index contributed by atoms with van der Waals surface area (Å²) < 4.78 is 15.3. The molecule has 148 valence electrons. The monoisotopic (exact) mass is 379 g/mol. The first-order chi connectivity index (χ1) is 11.7. The second kappa shape index (κ2) is 14.2. The number of ether oxygens (including phenoxy) is 2. The van der Waals surface area contributed by atoms with Crippen molar-refractivity contribution in [2.75, 3.05) is 79.1 Å². The molecule has 2 N–H and O–H groups in total. The average molecular weight is 379 g/mol. The Labute approximate surface area is 151 Å². The van der Waals surface area contributed by atoms with Crippen LogP contribution in [0.1, 0.15) is 13.3 Å². The molecule has 0 bridgehead atoms. The summed E-state index contributed by atoms with van der Waals surface area (Å²) in [7, 11) is -1.15. The van der Waals surface area contributed by atoms with Crippen LogP contribution >= 0.6 is 7.05 Å². The van der Waals surface area contributed by atoms with Crippen molar-refractivity contribution in [3.05, 3.63) is 0 Å². The standard InChI is InChI=1S/C16H34N3O5P/c1-5-9-23-10-6-17-15(20)13-19(14-16(21)22)8-12-24-11-7-18-25(2,3)4/h5-14H2,1-4H3,(H,17,20)(H,21,22). The molecule has 0 aromatic carbocycles. The molecule has 0 saturated heterocycles. The van der Waals surface area contributed by atoms with E-state index in [0.29, 0.717) is 46.1 Å². The average Bonchev–Trinajstić information content (AvgIpc) is 2.48. The van der Waals surface area contributed by atoms with Crippen molar-refractivity contribution in [3.63, 3.8) is 0 Å². The molecule has 0 aliphatic rings. The highest BCUT2D eigenvalue weighted by molar-refractivity contribution is 7.64. The Kier molecular flexibility index (Phi) is 13.7. The molecule has 8 nitrogen and oxygen atoms in total. The molecule has 0 fully saturated rings. The van der Waals surface area contributed by atoms with Gasteiger partial charge in [0.15, 0.2) is 0 Å². The van der Waals surface area contributed by atoms with Crippen LogP contribution in [0.2, 0.25) is 0 Å². The lowest BCUT2D eigenvalue weighted by Crippen LogP contribution is -2.42. The first-order valence-corrected chi connectivity index (χ1v) is 11.7. The number of carboxylic acids is 1. The van der Waals surface area contributed by atoms with E-state index < -0.39 is 13.0 Å². The summed E-state index contributed by atoms with van der Waals surface area (Å²) in [6.07, 6.45) is 0.936. The van der Waals surface area contributed by atoms with Crippen molar-refractivity contribution >= 4 is 18.9 Å². The molecule has 0 aliphatic heterocycles. The molecule has 0 aromatic heterocycles. The maximum absolute atomic E-state index is 11.9. The molecule has 1 amide bonds. The summed E-state index contributed by atoms with van der Waals surface area (Å²) in [5.74, 6) is -1.18. The Balaban J connectivity index is 4.02. The zero-order valence-corrected chi connectivity index (χ0v) is 16.9. The van der Waals surface area contributed by atoms with Gasteiger partial charge in [0.2, 0.25) is 5.91 Å². The van der Waals surface area contributed by atoms with Gasteiger partial charge in [0.1, 0.15) is 0 Å². The Bertz CT molecular complexity index is 431. The van der Waals surface area contributed by atoms with E-state index >= 15 is 0 Å². The predicted molar refractivity (Wildman–Crippen MR) is 101 cm³/mol. The van der Waals surface area contributed by atoms with E-state index in [0.717, 1.165) is 6.42 Å². The lowest BCUT2D eigenvalue weighted by molar-refractivity contribution is -0.138. The van der Waals surface area contributed by atoms with Crippen LogP contribution in [0.25, 0.3) is 0 Å². The minimum atomic E-state index is -1.15. The van der Waals surface area contributed by atoms with Gasteiger partial charge < -0.3 is 24.6 Å². The largest absolute Gasteiger partial charge is 0.480 e. The molecule has 0 radical (unpaired) electrons. The van der Waals surface area contributed by atoms with E-state index in [-0.39, 0.29) is 19.0 Å². The second-order valence-electron chi connectivity index (χ2n) is 6.49. The number of hydrogen-bond donors (Lipinski definition) is 2. The fraction of sp³-hybridized carbons (Fsp3) is 0.875. The first kappa shape index (κ1) is 24.1. The zero-order chi connectivity index (χ0) is 19.1. The zero-order valence-electron chi connectivity index (χ0n) is 16.0. The van der Waals surface area contributed by atoms with Gasteiger partial charge in [0.05, 0.1) is 39.5 Å². The van der Waals surface area contributed by atoms with E-state index in [1.165, 1.54) is 0 Å². The van der Waals surface area contributed by atoms with E-state index in [1.54, 1.807) is 4.90 Å². The van der Waals surface area contributed by atoms with Gasteiger partial charge in [-0.1, -0.05) is 6.92 Å². The number of carboxylic acid groups (broad SMARTS) is 1. The van der Waals surface area contributed by atoms with Crippen molar-refractivity contribution in [1.29, 1.82) is 0 Å². The first-order valence-electron chi connectivity index (χ1n) is 8.61. The fourth-order valence-corrected chi connectivity index (χ4v) is 2.56. The molecule has 0 rings (SSSR count). The number of aliphatic carboxylic acids is 1. The van der Waals surface area contributed by atoms with Crippen LogP contribution in [0.5, 0.6) is 0 Å². The summed E-state index contributed by atoms with van der Waals surface area (Å²) in [6.45, 7) is 11.7. The van der Waals surface area contributed by atoms with Crippen LogP contribution in [-0.4, -0.2) is 101 Å². The van der Waals surface area contributed by atoms with Crippen LogP contribution in [0.3, 0.4) is 0 Å². The Morgan fingerprint density at radius 1 is 1.08 bits per heavy atom. The van der Waals surface area contributed by atoms with Crippen molar-refractivity contribution in [1.82, 2.24) is 10.2 Å². The van der Waals surface area contributed by atoms with Gasteiger partial charge in [0, 0.05) is 19.7 Å². The summed E-state index contributed by atoms with van der Waals surface area (Å²) in [6, 6.07) is 0. The molecule has 0 aliphatic carbocycles. The molecule has 9 heteroatoms. The van der Waals surface area contributed by atoms with Crippen molar-refractivity contribution < 1.29 is 24.2 Å². The smallest absolute Gasteiger partial charge is 0.317 e. The van der Waals surface area contributed by atoms with Crippen LogP contribution in [0.15, 0.2) is 4.74 Å². The molecule has 0 heterocycles. The quantitative estimate of drug-likeness (QED) is 0.326. The van der Waals surface area contributed by atoms with Crippen molar-refractivity contribution in [2.45, 2.75) is 13.3 Å². The summed E-state index contributed by atoms with van der Waals surface area (Å²) in [5, 5.41) is 11.7. The number of hydrogen-bond acceptors (Lipinski definition) is 6. The summed E-state index contributed by atoms with van der Waals surface area (Å²) >= 11 is 0. The fourth-order valence-electron chi connectivity index (χ4n) is 1.87. The normalized spacial score (nSPS) is 11.6. The van der Waals surface area contributed by atoms with Crippen molar-refractivity contribution in [3.8, 4) is 0 Å². The van der Waals surface area contributed by atoms with Gasteiger partial charge in [-0.3, -0.25) is 14.5 Å². The molecule has 0 saturated carbocycles. The third kappa shape index (κ3) is 17.7. The Morgan fingerprint density at radius 3 is 2.36 bits per heavy atom. The van der Waals surface area contributed by atoms with Gasteiger partial charge in [0.25, 0.3) is 0 Å². The number of amides is 1.